The summed E-state index contributed by atoms with van der Waals surface area (Å²) in [5.74, 6) is -0.661. The molecule has 19 heavy (non-hydrogen) atoms. The van der Waals surface area contributed by atoms with E-state index in [1.54, 1.807) is 0 Å². The van der Waals surface area contributed by atoms with Crippen LogP contribution in [-0.2, 0) is 14.8 Å². The molecule has 0 amide bonds. The third-order valence-electron chi connectivity index (χ3n) is 2.92. The molecule has 5 nitrogen and oxygen atoms in total. The van der Waals surface area contributed by atoms with Gasteiger partial charge in [0.1, 0.15) is 5.82 Å². The summed E-state index contributed by atoms with van der Waals surface area (Å²) in [7, 11) is -3.74. The summed E-state index contributed by atoms with van der Waals surface area (Å²) < 4.78 is 44.9. The lowest BCUT2D eigenvalue weighted by Gasteiger charge is -2.37. The number of sulfonamides is 1. The van der Waals surface area contributed by atoms with Gasteiger partial charge < -0.3 is 10.5 Å². The maximum Gasteiger partial charge on any atom is 0.243 e. The quantitative estimate of drug-likeness (QED) is 0.830. The number of rotatable bonds is 2. The molecule has 0 spiro atoms. The molecule has 2 rings (SSSR count). The highest BCUT2D eigenvalue weighted by atomic mass is 32.2. The van der Waals surface area contributed by atoms with Crippen molar-refractivity contribution in [1.29, 1.82) is 0 Å². The van der Waals surface area contributed by atoms with Gasteiger partial charge in [0.25, 0.3) is 0 Å². The highest BCUT2D eigenvalue weighted by Crippen LogP contribution is 2.25. The standard InChI is InChI=1S/C12H17FN2O3S/c1-12(2)8-15(3-4-18-12)19(16,17)11-6-9(13)5-10(14)7-11/h5-7H,3-4,8,14H2,1-2H3. The Morgan fingerprint density at radius 2 is 2.05 bits per heavy atom. The van der Waals surface area contributed by atoms with Crippen LogP contribution in [-0.4, -0.2) is 38.0 Å². The zero-order valence-electron chi connectivity index (χ0n) is 10.9. The van der Waals surface area contributed by atoms with E-state index in [0.29, 0.717) is 6.61 Å². The Morgan fingerprint density at radius 3 is 2.63 bits per heavy atom. The molecule has 0 bridgehead atoms. The van der Waals surface area contributed by atoms with Crippen molar-refractivity contribution in [2.24, 2.45) is 0 Å². The Labute approximate surface area is 112 Å². The molecule has 7 heteroatoms. The Morgan fingerprint density at radius 1 is 1.37 bits per heavy atom. The molecule has 1 fully saturated rings. The first-order valence-electron chi connectivity index (χ1n) is 5.91. The molecule has 106 valence electrons. The summed E-state index contributed by atoms with van der Waals surface area (Å²) in [4.78, 5) is -0.122. The Balaban J connectivity index is 2.36. The fourth-order valence-electron chi connectivity index (χ4n) is 2.06. The number of hydrogen-bond donors (Lipinski definition) is 1. The third kappa shape index (κ3) is 3.05. The number of anilines is 1. The van der Waals surface area contributed by atoms with Gasteiger partial charge in [0.05, 0.1) is 17.1 Å². The number of benzene rings is 1. The molecule has 0 unspecified atom stereocenters. The van der Waals surface area contributed by atoms with Gasteiger partial charge in [0.2, 0.25) is 10.0 Å². The second-order valence-corrected chi connectivity index (χ2v) is 7.10. The van der Waals surface area contributed by atoms with E-state index in [9.17, 15) is 12.8 Å². The van der Waals surface area contributed by atoms with Crippen LogP contribution in [0.25, 0.3) is 0 Å². The van der Waals surface area contributed by atoms with Crippen molar-refractivity contribution < 1.29 is 17.5 Å². The normalized spacial score (nSPS) is 20.4. The van der Waals surface area contributed by atoms with Gasteiger partial charge in [-0.05, 0) is 32.0 Å². The van der Waals surface area contributed by atoms with Crippen LogP contribution in [0.4, 0.5) is 10.1 Å². The minimum absolute atomic E-state index is 0.0890. The largest absolute Gasteiger partial charge is 0.399 e. The van der Waals surface area contributed by atoms with Crippen LogP contribution in [0.1, 0.15) is 13.8 Å². The maximum absolute atomic E-state index is 13.3. The van der Waals surface area contributed by atoms with Crippen LogP contribution in [0.15, 0.2) is 23.1 Å². The molecule has 0 saturated carbocycles. The van der Waals surface area contributed by atoms with Crippen molar-refractivity contribution in [2.45, 2.75) is 24.3 Å². The number of hydrogen-bond acceptors (Lipinski definition) is 4. The highest BCUT2D eigenvalue weighted by Gasteiger charge is 2.35. The Kier molecular flexibility index (Phi) is 3.55. The number of nitrogens with zero attached hydrogens (tertiary/aromatic N) is 1. The Hall–Kier alpha value is -1.18. The van der Waals surface area contributed by atoms with Crippen molar-refractivity contribution in [3.05, 3.63) is 24.0 Å². The lowest BCUT2D eigenvalue weighted by atomic mass is 10.1. The van der Waals surface area contributed by atoms with Crippen LogP contribution in [0.5, 0.6) is 0 Å². The average Bonchev–Trinajstić information content (AvgIpc) is 2.26. The van der Waals surface area contributed by atoms with E-state index >= 15 is 0 Å². The van der Waals surface area contributed by atoms with Crippen molar-refractivity contribution >= 4 is 15.7 Å². The molecule has 0 aromatic heterocycles. The number of ether oxygens (including phenoxy) is 1. The molecule has 0 atom stereocenters. The first-order valence-corrected chi connectivity index (χ1v) is 7.35. The maximum atomic E-state index is 13.3. The molecular formula is C12H17FN2O3S. The molecule has 1 aromatic rings. The first kappa shape index (κ1) is 14.2. The van der Waals surface area contributed by atoms with Gasteiger partial charge in [-0.2, -0.15) is 4.31 Å². The average molecular weight is 288 g/mol. The summed E-state index contributed by atoms with van der Waals surface area (Å²) in [6, 6.07) is 3.33. The molecule has 1 heterocycles. The lowest BCUT2D eigenvalue weighted by Crippen LogP contribution is -2.50. The molecule has 0 aliphatic carbocycles. The summed E-state index contributed by atoms with van der Waals surface area (Å²) in [6.45, 7) is 4.42. The summed E-state index contributed by atoms with van der Waals surface area (Å²) in [6.07, 6.45) is 0. The van der Waals surface area contributed by atoms with Crippen LogP contribution in [0, 0.1) is 5.82 Å². The summed E-state index contributed by atoms with van der Waals surface area (Å²) >= 11 is 0. The number of nitrogens with two attached hydrogens (primary N) is 1. The molecule has 1 saturated heterocycles. The summed E-state index contributed by atoms with van der Waals surface area (Å²) in [5, 5.41) is 0. The third-order valence-corrected chi connectivity index (χ3v) is 4.74. The molecule has 0 radical (unpaired) electrons. The minimum Gasteiger partial charge on any atom is -0.399 e. The second kappa shape index (κ2) is 4.73. The fraction of sp³-hybridized carbons (Fsp3) is 0.500. The van der Waals surface area contributed by atoms with Gasteiger partial charge in [-0.1, -0.05) is 0 Å². The fourth-order valence-corrected chi connectivity index (χ4v) is 3.70. The number of morpholine rings is 1. The van der Waals surface area contributed by atoms with E-state index in [1.807, 2.05) is 13.8 Å². The first-order chi connectivity index (χ1) is 8.71. The predicted octanol–water partition coefficient (Wildman–Crippen LogP) is 1.21. The van der Waals surface area contributed by atoms with Crippen LogP contribution >= 0.6 is 0 Å². The van der Waals surface area contributed by atoms with E-state index in [-0.39, 0.29) is 23.7 Å². The van der Waals surface area contributed by atoms with Gasteiger partial charge in [-0.3, -0.25) is 0 Å². The van der Waals surface area contributed by atoms with E-state index in [1.165, 1.54) is 10.4 Å². The number of nitrogen functional groups attached to an aromatic ring is 1. The minimum atomic E-state index is -3.74. The highest BCUT2D eigenvalue weighted by molar-refractivity contribution is 7.89. The van der Waals surface area contributed by atoms with E-state index in [2.05, 4.69) is 0 Å². The van der Waals surface area contributed by atoms with Crippen molar-refractivity contribution in [2.75, 3.05) is 25.4 Å². The smallest absolute Gasteiger partial charge is 0.243 e. The van der Waals surface area contributed by atoms with Crippen LogP contribution in [0.2, 0.25) is 0 Å². The number of halogens is 1. The predicted molar refractivity (Wildman–Crippen MR) is 69.6 cm³/mol. The molecule has 2 N–H and O–H groups in total. The van der Waals surface area contributed by atoms with Crippen LogP contribution < -0.4 is 5.73 Å². The molecule has 1 aliphatic heterocycles. The van der Waals surface area contributed by atoms with Gasteiger partial charge >= 0.3 is 0 Å². The van der Waals surface area contributed by atoms with E-state index < -0.39 is 21.4 Å². The van der Waals surface area contributed by atoms with E-state index in [0.717, 1.165) is 12.1 Å². The summed E-state index contributed by atoms with van der Waals surface area (Å²) in [5.41, 5.74) is 5.03. The molecule has 1 aromatic carbocycles. The van der Waals surface area contributed by atoms with Crippen molar-refractivity contribution in [3.8, 4) is 0 Å². The molecule has 1 aliphatic rings. The lowest BCUT2D eigenvalue weighted by molar-refractivity contribution is -0.0640. The second-order valence-electron chi connectivity index (χ2n) is 5.17. The van der Waals surface area contributed by atoms with Crippen molar-refractivity contribution in [1.82, 2.24) is 4.31 Å². The van der Waals surface area contributed by atoms with E-state index in [4.69, 9.17) is 10.5 Å². The van der Waals surface area contributed by atoms with Gasteiger partial charge in [-0.15, -0.1) is 0 Å². The monoisotopic (exact) mass is 288 g/mol. The zero-order valence-corrected chi connectivity index (χ0v) is 11.7. The van der Waals surface area contributed by atoms with Crippen molar-refractivity contribution in [3.63, 3.8) is 0 Å². The van der Waals surface area contributed by atoms with Gasteiger partial charge in [0.15, 0.2) is 0 Å². The van der Waals surface area contributed by atoms with Gasteiger partial charge in [0, 0.05) is 18.8 Å². The molecular weight excluding hydrogens is 271 g/mol. The van der Waals surface area contributed by atoms with Crippen LogP contribution in [0.3, 0.4) is 0 Å². The zero-order chi connectivity index (χ0) is 14.3. The topological polar surface area (TPSA) is 72.6 Å². The van der Waals surface area contributed by atoms with Gasteiger partial charge in [-0.25, -0.2) is 12.8 Å². The SMILES string of the molecule is CC1(C)CN(S(=O)(=O)c2cc(N)cc(F)c2)CCO1. The Bertz CT molecular complexity index is 566.